The fourth-order valence-electron chi connectivity index (χ4n) is 2.94. The van der Waals surface area contributed by atoms with Crippen LogP contribution in [-0.2, 0) is 14.3 Å². The Balaban J connectivity index is 2.76. The smallest absolute Gasteiger partial charge is 0.329 e. The van der Waals surface area contributed by atoms with Crippen LogP contribution in [0.1, 0.15) is 48.5 Å². The predicted molar refractivity (Wildman–Crippen MR) is 110 cm³/mol. The maximum absolute atomic E-state index is 12.7. The molecule has 0 fully saturated rings. The third-order valence-electron chi connectivity index (χ3n) is 4.25. The van der Waals surface area contributed by atoms with Crippen LogP contribution in [0.2, 0.25) is 0 Å². The Kier molecular flexibility index (Phi) is 8.96. The number of hydrogen-bond acceptors (Lipinski definition) is 4. The molecule has 156 valence electrons. The molecule has 2 atom stereocenters. The summed E-state index contributed by atoms with van der Waals surface area (Å²) in [5, 5.41) is 5.31. The first kappa shape index (κ1) is 23.5. The lowest BCUT2D eigenvalue weighted by molar-refractivity contribution is -0.163. The average Bonchev–Trinajstić information content (AvgIpc) is 2.59. The fourth-order valence-corrected chi connectivity index (χ4v) is 2.94. The number of para-hydroxylation sites is 1. The Hall–Kier alpha value is -2.57. The van der Waals surface area contributed by atoms with Crippen molar-refractivity contribution < 1.29 is 19.1 Å². The molecule has 2 N–H and O–H groups in total. The van der Waals surface area contributed by atoms with E-state index in [1.807, 2.05) is 33.8 Å². The van der Waals surface area contributed by atoms with Gasteiger partial charge in [-0.2, -0.15) is 0 Å². The number of nitrogens with one attached hydrogen (secondary N) is 2. The van der Waals surface area contributed by atoms with Crippen LogP contribution in [0.4, 0.5) is 10.5 Å². The van der Waals surface area contributed by atoms with E-state index in [9.17, 15) is 14.4 Å². The second-order valence-electron chi connectivity index (χ2n) is 7.70. The first-order valence-corrected chi connectivity index (χ1v) is 9.69. The van der Waals surface area contributed by atoms with Crippen LogP contribution in [0.3, 0.4) is 0 Å². The van der Waals surface area contributed by atoms with Crippen LogP contribution < -0.4 is 10.6 Å². The third kappa shape index (κ3) is 6.87. The number of urea groups is 1. The van der Waals surface area contributed by atoms with Crippen molar-refractivity contribution in [2.75, 3.05) is 5.32 Å². The summed E-state index contributed by atoms with van der Waals surface area (Å²) in [6.45, 7) is 12.8. The highest BCUT2D eigenvalue weighted by Gasteiger charge is 2.32. The van der Waals surface area contributed by atoms with E-state index in [0.717, 1.165) is 0 Å². The summed E-state index contributed by atoms with van der Waals surface area (Å²) in [6, 6.07) is 7.53. The molecule has 7 nitrogen and oxygen atoms in total. The van der Waals surface area contributed by atoms with Gasteiger partial charge in [0.15, 0.2) is 6.10 Å². The number of amides is 3. The summed E-state index contributed by atoms with van der Waals surface area (Å²) < 4.78 is 5.40. The Bertz CT molecular complexity index is 651. The number of esters is 1. The van der Waals surface area contributed by atoms with Gasteiger partial charge in [0.2, 0.25) is 0 Å². The molecular weight excluding hydrogens is 358 g/mol. The van der Waals surface area contributed by atoms with Crippen molar-refractivity contribution >= 4 is 23.6 Å². The number of rotatable bonds is 8. The van der Waals surface area contributed by atoms with Gasteiger partial charge in [0, 0.05) is 17.8 Å². The summed E-state index contributed by atoms with van der Waals surface area (Å²) in [4.78, 5) is 39.2. The van der Waals surface area contributed by atoms with E-state index in [1.54, 1.807) is 49.9 Å². The Morgan fingerprint density at radius 2 is 1.43 bits per heavy atom. The molecule has 7 heteroatoms. The van der Waals surface area contributed by atoms with E-state index in [2.05, 4.69) is 10.6 Å². The molecule has 28 heavy (non-hydrogen) atoms. The van der Waals surface area contributed by atoms with Crippen LogP contribution in [0.5, 0.6) is 0 Å². The first-order valence-electron chi connectivity index (χ1n) is 9.69. The lowest BCUT2D eigenvalue weighted by Gasteiger charge is -2.33. The summed E-state index contributed by atoms with van der Waals surface area (Å²) in [7, 11) is 0. The molecule has 0 aliphatic rings. The normalized spacial score (nSPS) is 13.2. The minimum atomic E-state index is -0.933. The molecule has 0 aliphatic carbocycles. The van der Waals surface area contributed by atoms with Gasteiger partial charge >= 0.3 is 12.0 Å². The number of carbonyl (C=O) groups is 3. The minimum Gasteiger partial charge on any atom is -0.451 e. The number of benzene rings is 1. The van der Waals surface area contributed by atoms with Crippen molar-refractivity contribution in [1.82, 2.24) is 10.2 Å². The van der Waals surface area contributed by atoms with Gasteiger partial charge in [0.05, 0.1) is 0 Å². The predicted octanol–water partition coefficient (Wildman–Crippen LogP) is 3.41. The molecule has 3 amide bonds. The Labute approximate surface area is 167 Å². The van der Waals surface area contributed by atoms with E-state index in [0.29, 0.717) is 5.69 Å². The highest BCUT2D eigenvalue weighted by atomic mass is 16.5. The molecule has 0 saturated heterocycles. The second-order valence-corrected chi connectivity index (χ2v) is 7.70. The highest BCUT2D eigenvalue weighted by molar-refractivity contribution is 5.93. The van der Waals surface area contributed by atoms with E-state index >= 15 is 0 Å². The molecule has 0 spiro atoms. The number of carbonyl (C=O) groups excluding carboxylic acids is 3. The van der Waals surface area contributed by atoms with Crippen LogP contribution in [0, 0.1) is 5.92 Å². The summed E-state index contributed by atoms with van der Waals surface area (Å²) >= 11 is 0. The van der Waals surface area contributed by atoms with Crippen molar-refractivity contribution in [2.24, 2.45) is 5.92 Å². The zero-order valence-electron chi connectivity index (χ0n) is 17.9. The summed E-state index contributed by atoms with van der Waals surface area (Å²) in [5.74, 6) is -1.09. The standard InChI is InChI=1S/C21H33N3O4/c1-13(2)18(23-21(27)22-17-11-9-8-10-12-17)20(26)28-16(7)19(25)24(14(3)4)15(5)6/h8-16,18H,1-7H3,(H2,22,23,27)/t16-,18+/m0/s1. The quantitative estimate of drug-likeness (QED) is 0.665. The molecule has 1 aromatic carbocycles. The molecular formula is C21H33N3O4. The molecule has 0 heterocycles. The summed E-state index contributed by atoms with van der Waals surface area (Å²) in [6.07, 6.45) is -0.933. The van der Waals surface area contributed by atoms with Gasteiger partial charge in [-0.05, 0) is 52.7 Å². The van der Waals surface area contributed by atoms with Gasteiger partial charge in [-0.3, -0.25) is 4.79 Å². The zero-order chi connectivity index (χ0) is 21.4. The van der Waals surface area contributed by atoms with Crippen molar-refractivity contribution in [3.8, 4) is 0 Å². The van der Waals surface area contributed by atoms with Crippen LogP contribution in [0.25, 0.3) is 0 Å². The van der Waals surface area contributed by atoms with E-state index in [-0.39, 0.29) is 23.9 Å². The van der Waals surface area contributed by atoms with Gasteiger partial charge in [-0.1, -0.05) is 32.0 Å². The topological polar surface area (TPSA) is 87.7 Å². The maximum atomic E-state index is 12.7. The third-order valence-corrected chi connectivity index (χ3v) is 4.25. The van der Waals surface area contributed by atoms with Crippen molar-refractivity contribution in [3.05, 3.63) is 30.3 Å². The van der Waals surface area contributed by atoms with Crippen molar-refractivity contribution in [1.29, 1.82) is 0 Å². The highest BCUT2D eigenvalue weighted by Crippen LogP contribution is 2.12. The fraction of sp³-hybridized carbons (Fsp3) is 0.571. The average molecular weight is 392 g/mol. The molecule has 0 radical (unpaired) electrons. The Morgan fingerprint density at radius 1 is 0.893 bits per heavy atom. The largest absolute Gasteiger partial charge is 0.451 e. The van der Waals surface area contributed by atoms with Gasteiger partial charge in [0.1, 0.15) is 6.04 Å². The molecule has 1 aromatic rings. The van der Waals surface area contributed by atoms with Crippen LogP contribution in [0.15, 0.2) is 30.3 Å². The Morgan fingerprint density at radius 3 is 1.89 bits per heavy atom. The monoisotopic (exact) mass is 391 g/mol. The number of nitrogens with zero attached hydrogens (tertiary/aromatic N) is 1. The van der Waals surface area contributed by atoms with Gasteiger partial charge < -0.3 is 20.3 Å². The SMILES string of the molecule is CC(C)[C@@H](NC(=O)Nc1ccccc1)C(=O)O[C@@H](C)C(=O)N(C(C)C)C(C)C. The van der Waals surface area contributed by atoms with Gasteiger partial charge in [0.25, 0.3) is 5.91 Å². The van der Waals surface area contributed by atoms with Crippen molar-refractivity contribution in [3.63, 3.8) is 0 Å². The molecule has 0 saturated carbocycles. The summed E-state index contributed by atoms with van der Waals surface area (Å²) in [5.41, 5.74) is 0.615. The molecule has 0 bridgehead atoms. The van der Waals surface area contributed by atoms with Crippen LogP contribution in [-0.4, -0.2) is 47.0 Å². The first-order chi connectivity index (χ1) is 13.0. The molecule has 0 aromatic heterocycles. The number of ether oxygens (including phenoxy) is 1. The number of anilines is 1. The van der Waals surface area contributed by atoms with E-state index < -0.39 is 24.1 Å². The second kappa shape index (κ2) is 10.7. The molecule has 0 aliphatic heterocycles. The maximum Gasteiger partial charge on any atom is 0.329 e. The van der Waals surface area contributed by atoms with E-state index in [4.69, 9.17) is 4.74 Å². The van der Waals surface area contributed by atoms with Crippen LogP contribution >= 0.6 is 0 Å². The van der Waals surface area contributed by atoms with Gasteiger partial charge in [-0.15, -0.1) is 0 Å². The number of hydrogen-bond donors (Lipinski definition) is 2. The molecule has 1 rings (SSSR count). The minimum absolute atomic E-state index is 0.00989. The molecule has 0 unspecified atom stereocenters. The van der Waals surface area contributed by atoms with Gasteiger partial charge in [-0.25, -0.2) is 9.59 Å². The van der Waals surface area contributed by atoms with E-state index in [1.165, 1.54) is 0 Å². The lowest BCUT2D eigenvalue weighted by Crippen LogP contribution is -2.51. The van der Waals surface area contributed by atoms with Crippen molar-refractivity contribution in [2.45, 2.75) is 72.7 Å². The lowest BCUT2D eigenvalue weighted by atomic mass is 10.0. The zero-order valence-corrected chi connectivity index (χ0v) is 17.9.